The molecule has 0 heterocycles. The van der Waals surface area contributed by atoms with Crippen molar-refractivity contribution >= 4 is 5.78 Å². The number of aliphatic hydroxyl groups is 1. The van der Waals surface area contributed by atoms with Crippen molar-refractivity contribution in [3.05, 3.63) is 35.9 Å². The molecule has 0 spiro atoms. The quantitative estimate of drug-likeness (QED) is 0.740. The Morgan fingerprint density at radius 3 is 2.47 bits per heavy atom. The van der Waals surface area contributed by atoms with Crippen LogP contribution in [0, 0.1) is 17.8 Å². The lowest BCUT2D eigenvalue weighted by Gasteiger charge is -2.08. The molecule has 2 heteroatoms. The summed E-state index contributed by atoms with van der Waals surface area (Å²) in [7, 11) is 0. The van der Waals surface area contributed by atoms with Gasteiger partial charge in [0, 0.05) is 5.56 Å². The Morgan fingerprint density at radius 1 is 1.33 bits per heavy atom. The number of carbonyl (C=O) groups is 1. The van der Waals surface area contributed by atoms with Gasteiger partial charge in [0.15, 0.2) is 0 Å². The van der Waals surface area contributed by atoms with E-state index in [0.29, 0.717) is 0 Å². The Morgan fingerprint density at radius 2 is 1.93 bits per heavy atom. The van der Waals surface area contributed by atoms with E-state index in [1.807, 2.05) is 30.3 Å². The minimum Gasteiger partial charge on any atom is -0.380 e. The monoisotopic (exact) mass is 202 g/mol. The lowest BCUT2D eigenvalue weighted by atomic mass is 10.0. The van der Waals surface area contributed by atoms with Crippen LogP contribution in [0.25, 0.3) is 0 Å². The molecule has 0 aliphatic carbocycles. The predicted octanol–water partition coefficient (Wildman–Crippen LogP) is 1.62. The van der Waals surface area contributed by atoms with E-state index in [2.05, 4.69) is 11.8 Å². The van der Waals surface area contributed by atoms with Crippen LogP contribution in [-0.4, -0.2) is 17.0 Å². The summed E-state index contributed by atoms with van der Waals surface area (Å²) in [5, 5.41) is 9.55. The van der Waals surface area contributed by atoms with Crippen LogP contribution >= 0.6 is 0 Å². The fourth-order valence-electron chi connectivity index (χ4n) is 1.03. The van der Waals surface area contributed by atoms with Gasteiger partial charge in [0.25, 0.3) is 0 Å². The lowest BCUT2D eigenvalue weighted by molar-refractivity contribution is -0.122. The molecular weight excluding hydrogens is 188 g/mol. The molecule has 1 rings (SSSR count). The first-order chi connectivity index (χ1) is 7.11. The first-order valence-electron chi connectivity index (χ1n) is 4.86. The highest BCUT2D eigenvalue weighted by molar-refractivity contribution is 5.78. The van der Waals surface area contributed by atoms with E-state index < -0.39 is 12.0 Å². The van der Waals surface area contributed by atoms with Crippen molar-refractivity contribution in [2.24, 2.45) is 5.92 Å². The zero-order chi connectivity index (χ0) is 11.3. The Kier molecular flexibility index (Phi) is 4.08. The van der Waals surface area contributed by atoms with Crippen molar-refractivity contribution in [1.29, 1.82) is 0 Å². The van der Waals surface area contributed by atoms with Gasteiger partial charge in [0.2, 0.25) is 0 Å². The van der Waals surface area contributed by atoms with Crippen molar-refractivity contribution in [1.82, 2.24) is 0 Å². The van der Waals surface area contributed by atoms with Crippen LogP contribution in [0.1, 0.15) is 19.4 Å². The van der Waals surface area contributed by atoms with Crippen LogP contribution in [0.4, 0.5) is 0 Å². The summed E-state index contributed by atoms with van der Waals surface area (Å²) in [6.45, 7) is 3.13. The fraction of sp³-hybridized carbons (Fsp3) is 0.308. The van der Waals surface area contributed by atoms with E-state index in [1.165, 1.54) is 6.92 Å². The fourth-order valence-corrected chi connectivity index (χ4v) is 1.03. The average molecular weight is 202 g/mol. The summed E-state index contributed by atoms with van der Waals surface area (Å²) in [5.41, 5.74) is 0.840. The third kappa shape index (κ3) is 3.57. The molecule has 0 saturated carbocycles. The summed E-state index contributed by atoms with van der Waals surface area (Å²) >= 11 is 0. The Bertz CT molecular complexity index is 384. The number of rotatable bonds is 2. The molecule has 1 aromatic rings. The van der Waals surface area contributed by atoms with Crippen molar-refractivity contribution in [2.75, 3.05) is 0 Å². The molecule has 0 aromatic heterocycles. The minimum atomic E-state index is -0.886. The molecule has 0 amide bonds. The molecule has 0 aliphatic rings. The third-order valence-corrected chi connectivity index (χ3v) is 2.25. The SMILES string of the molecule is CC(=O)C(C)C(O)C#Cc1ccccc1. The second-order valence-corrected chi connectivity index (χ2v) is 3.48. The second kappa shape index (κ2) is 5.33. The molecule has 15 heavy (non-hydrogen) atoms. The number of Topliss-reactive ketones (excluding diaryl/α,β-unsaturated/α-hetero) is 1. The normalized spacial score (nSPS) is 13.5. The Hall–Kier alpha value is -1.59. The van der Waals surface area contributed by atoms with Crippen LogP contribution < -0.4 is 0 Å². The van der Waals surface area contributed by atoms with E-state index in [4.69, 9.17) is 0 Å². The van der Waals surface area contributed by atoms with Gasteiger partial charge in [-0.1, -0.05) is 37.0 Å². The highest BCUT2D eigenvalue weighted by Gasteiger charge is 2.15. The van der Waals surface area contributed by atoms with Gasteiger partial charge >= 0.3 is 0 Å². The molecule has 2 atom stereocenters. The van der Waals surface area contributed by atoms with Gasteiger partial charge in [-0.25, -0.2) is 0 Å². The van der Waals surface area contributed by atoms with Gasteiger partial charge in [-0.2, -0.15) is 0 Å². The first kappa shape index (κ1) is 11.5. The van der Waals surface area contributed by atoms with E-state index in [0.717, 1.165) is 5.56 Å². The largest absolute Gasteiger partial charge is 0.380 e. The molecule has 2 unspecified atom stereocenters. The van der Waals surface area contributed by atoms with Gasteiger partial charge in [-0.3, -0.25) is 4.79 Å². The minimum absolute atomic E-state index is 0.0511. The van der Waals surface area contributed by atoms with Gasteiger partial charge in [-0.15, -0.1) is 0 Å². The molecule has 0 aliphatic heterocycles. The molecule has 2 nitrogen and oxygen atoms in total. The van der Waals surface area contributed by atoms with Crippen LogP contribution in [0.2, 0.25) is 0 Å². The number of benzene rings is 1. The van der Waals surface area contributed by atoms with Crippen molar-refractivity contribution in [3.8, 4) is 11.8 Å². The van der Waals surface area contributed by atoms with Crippen molar-refractivity contribution in [3.63, 3.8) is 0 Å². The topological polar surface area (TPSA) is 37.3 Å². The van der Waals surface area contributed by atoms with Gasteiger partial charge < -0.3 is 5.11 Å². The van der Waals surface area contributed by atoms with Gasteiger partial charge in [0.1, 0.15) is 11.9 Å². The maximum absolute atomic E-state index is 11.0. The molecule has 0 radical (unpaired) electrons. The van der Waals surface area contributed by atoms with Crippen LogP contribution in [0.15, 0.2) is 30.3 Å². The number of hydrogen-bond acceptors (Lipinski definition) is 2. The maximum atomic E-state index is 11.0. The smallest absolute Gasteiger partial charge is 0.136 e. The predicted molar refractivity (Wildman–Crippen MR) is 59.2 cm³/mol. The van der Waals surface area contributed by atoms with E-state index in [1.54, 1.807) is 6.92 Å². The summed E-state index contributed by atoms with van der Waals surface area (Å²) in [6.07, 6.45) is -0.886. The standard InChI is InChI=1S/C13H14O2/c1-10(11(2)14)13(15)9-8-12-6-4-3-5-7-12/h3-7,10,13,15H,1-2H3. The number of aliphatic hydroxyl groups excluding tert-OH is 1. The van der Waals surface area contributed by atoms with E-state index in [9.17, 15) is 9.90 Å². The van der Waals surface area contributed by atoms with Crippen LogP contribution in [0.3, 0.4) is 0 Å². The highest BCUT2D eigenvalue weighted by Crippen LogP contribution is 2.03. The van der Waals surface area contributed by atoms with Crippen molar-refractivity contribution in [2.45, 2.75) is 20.0 Å². The lowest BCUT2D eigenvalue weighted by Crippen LogP contribution is -2.21. The molecule has 1 aromatic carbocycles. The second-order valence-electron chi connectivity index (χ2n) is 3.48. The Labute approximate surface area is 89.9 Å². The molecule has 0 bridgehead atoms. The van der Waals surface area contributed by atoms with Gasteiger partial charge in [-0.05, 0) is 19.1 Å². The summed E-state index contributed by atoms with van der Waals surface area (Å²) < 4.78 is 0. The molecule has 0 saturated heterocycles. The van der Waals surface area contributed by atoms with E-state index in [-0.39, 0.29) is 5.78 Å². The first-order valence-corrected chi connectivity index (χ1v) is 4.86. The molecular formula is C13H14O2. The number of ketones is 1. The van der Waals surface area contributed by atoms with E-state index >= 15 is 0 Å². The zero-order valence-electron chi connectivity index (χ0n) is 8.90. The van der Waals surface area contributed by atoms with Crippen LogP contribution in [0.5, 0.6) is 0 Å². The van der Waals surface area contributed by atoms with Crippen LogP contribution in [-0.2, 0) is 4.79 Å². The summed E-state index contributed by atoms with van der Waals surface area (Å²) in [4.78, 5) is 11.0. The van der Waals surface area contributed by atoms with Gasteiger partial charge in [0.05, 0.1) is 5.92 Å². The third-order valence-electron chi connectivity index (χ3n) is 2.25. The molecule has 78 valence electrons. The van der Waals surface area contributed by atoms with Crippen molar-refractivity contribution < 1.29 is 9.90 Å². The molecule has 1 N–H and O–H groups in total. The zero-order valence-corrected chi connectivity index (χ0v) is 8.90. The maximum Gasteiger partial charge on any atom is 0.136 e. The Balaban J connectivity index is 2.70. The summed E-state index contributed by atoms with van der Waals surface area (Å²) in [5.74, 6) is 5.01. The molecule has 0 fully saturated rings. The number of hydrogen-bond donors (Lipinski definition) is 1. The summed E-state index contributed by atoms with van der Waals surface area (Å²) in [6, 6.07) is 9.38. The highest BCUT2D eigenvalue weighted by atomic mass is 16.3. The average Bonchev–Trinajstić information content (AvgIpc) is 2.26. The number of carbonyl (C=O) groups excluding carboxylic acids is 1.